The maximum absolute atomic E-state index is 12.7. The fourth-order valence-electron chi connectivity index (χ4n) is 3.18. The van der Waals surface area contributed by atoms with Gasteiger partial charge in [0.15, 0.2) is 0 Å². The summed E-state index contributed by atoms with van der Waals surface area (Å²) in [5.41, 5.74) is 2.60. The number of rotatable bonds is 5. The van der Waals surface area contributed by atoms with Gasteiger partial charge in [0.2, 0.25) is 0 Å². The first kappa shape index (κ1) is 19.7. The van der Waals surface area contributed by atoms with Crippen molar-refractivity contribution >= 4 is 35.0 Å². The van der Waals surface area contributed by atoms with E-state index in [9.17, 15) is 14.4 Å². The lowest BCUT2D eigenvalue weighted by Gasteiger charge is -2.11. The van der Waals surface area contributed by atoms with Gasteiger partial charge < -0.3 is 9.52 Å². The molecule has 6 nitrogen and oxygen atoms in total. The Kier molecular flexibility index (Phi) is 5.29. The highest BCUT2D eigenvalue weighted by atomic mass is 32.2. The maximum Gasteiger partial charge on any atom is 0.335 e. The van der Waals surface area contributed by atoms with E-state index in [1.165, 1.54) is 11.0 Å². The van der Waals surface area contributed by atoms with E-state index in [1.54, 1.807) is 37.3 Å². The summed E-state index contributed by atoms with van der Waals surface area (Å²) in [5.74, 6) is -0.346. The molecule has 0 aliphatic carbocycles. The number of carboxylic acid groups (broad SMARTS) is 1. The average molecular weight is 419 g/mol. The highest BCUT2D eigenvalue weighted by molar-refractivity contribution is 8.18. The number of aromatic carboxylic acids is 1. The van der Waals surface area contributed by atoms with Crippen molar-refractivity contribution in [2.75, 3.05) is 0 Å². The quantitative estimate of drug-likeness (QED) is 0.573. The monoisotopic (exact) mass is 419 g/mol. The molecule has 7 heteroatoms. The molecule has 1 aliphatic heterocycles. The molecular weight excluding hydrogens is 402 g/mol. The second kappa shape index (κ2) is 8.04. The van der Waals surface area contributed by atoms with Crippen molar-refractivity contribution in [1.29, 1.82) is 0 Å². The van der Waals surface area contributed by atoms with E-state index in [2.05, 4.69) is 0 Å². The van der Waals surface area contributed by atoms with Crippen molar-refractivity contribution < 1.29 is 23.9 Å². The molecule has 0 radical (unpaired) electrons. The van der Waals surface area contributed by atoms with E-state index < -0.39 is 5.97 Å². The zero-order valence-corrected chi connectivity index (χ0v) is 16.8. The SMILES string of the molecule is Cc1cc(C(=O)O)ccc1-c1ccc(/C=C2\SC(=O)N(Cc3ccccc3)C2=O)o1. The van der Waals surface area contributed by atoms with E-state index in [0.717, 1.165) is 28.5 Å². The Balaban J connectivity index is 1.55. The van der Waals surface area contributed by atoms with Crippen LogP contribution in [-0.4, -0.2) is 27.1 Å². The second-order valence-corrected chi connectivity index (χ2v) is 7.78. The molecule has 150 valence electrons. The van der Waals surface area contributed by atoms with Crippen LogP contribution < -0.4 is 0 Å². The number of hydrogen-bond donors (Lipinski definition) is 1. The number of furan rings is 1. The highest BCUT2D eigenvalue weighted by Crippen LogP contribution is 2.34. The molecule has 2 aromatic carbocycles. The summed E-state index contributed by atoms with van der Waals surface area (Å²) in [7, 11) is 0. The maximum atomic E-state index is 12.7. The van der Waals surface area contributed by atoms with Gasteiger partial charge in [-0.2, -0.15) is 0 Å². The molecule has 2 heterocycles. The van der Waals surface area contributed by atoms with Crippen LogP contribution in [0, 0.1) is 6.92 Å². The van der Waals surface area contributed by atoms with E-state index in [1.807, 2.05) is 30.3 Å². The Labute approximate surface area is 176 Å². The summed E-state index contributed by atoms with van der Waals surface area (Å²) in [6, 6.07) is 17.6. The van der Waals surface area contributed by atoms with Gasteiger partial charge in [0.1, 0.15) is 11.5 Å². The molecule has 0 bridgehead atoms. The van der Waals surface area contributed by atoms with Gasteiger partial charge in [-0.05, 0) is 54.1 Å². The molecule has 0 atom stereocenters. The lowest BCUT2D eigenvalue weighted by atomic mass is 10.0. The number of carbonyl (C=O) groups excluding carboxylic acids is 2. The van der Waals surface area contributed by atoms with Gasteiger partial charge in [-0.25, -0.2) is 4.79 Å². The molecule has 1 fully saturated rings. The number of amides is 2. The van der Waals surface area contributed by atoms with Crippen LogP contribution in [0.3, 0.4) is 0 Å². The van der Waals surface area contributed by atoms with Gasteiger partial charge in [-0.3, -0.25) is 14.5 Å². The lowest BCUT2D eigenvalue weighted by Crippen LogP contribution is -2.27. The number of carboxylic acids is 1. The van der Waals surface area contributed by atoms with Crippen molar-refractivity contribution in [3.63, 3.8) is 0 Å². The zero-order chi connectivity index (χ0) is 21.3. The Hall–Kier alpha value is -3.58. The summed E-state index contributed by atoms with van der Waals surface area (Å²) in [4.78, 5) is 37.6. The molecule has 2 amide bonds. The Morgan fingerprint density at radius 2 is 1.87 bits per heavy atom. The minimum Gasteiger partial charge on any atom is -0.478 e. The molecule has 1 aliphatic rings. The minimum atomic E-state index is -0.990. The van der Waals surface area contributed by atoms with E-state index >= 15 is 0 Å². The molecule has 1 aromatic heterocycles. The summed E-state index contributed by atoms with van der Waals surface area (Å²) in [6.07, 6.45) is 1.56. The fourth-order valence-corrected chi connectivity index (χ4v) is 4.00. The van der Waals surface area contributed by atoms with E-state index in [4.69, 9.17) is 9.52 Å². The van der Waals surface area contributed by atoms with Gasteiger partial charge in [0.05, 0.1) is 17.0 Å². The number of aryl methyl sites for hydroxylation is 1. The molecule has 0 unspecified atom stereocenters. The van der Waals surface area contributed by atoms with Crippen LogP contribution in [-0.2, 0) is 11.3 Å². The van der Waals surface area contributed by atoms with Gasteiger partial charge in [0.25, 0.3) is 11.1 Å². The number of imide groups is 1. The van der Waals surface area contributed by atoms with Crippen LogP contribution in [0.5, 0.6) is 0 Å². The van der Waals surface area contributed by atoms with Crippen LogP contribution >= 0.6 is 11.8 Å². The topological polar surface area (TPSA) is 87.8 Å². The molecule has 4 rings (SSSR count). The first-order valence-corrected chi connectivity index (χ1v) is 9.97. The number of carbonyl (C=O) groups is 3. The Morgan fingerprint density at radius 1 is 1.10 bits per heavy atom. The second-order valence-electron chi connectivity index (χ2n) is 6.79. The third kappa shape index (κ3) is 3.92. The number of hydrogen-bond acceptors (Lipinski definition) is 5. The molecule has 1 N–H and O–H groups in total. The van der Waals surface area contributed by atoms with E-state index in [0.29, 0.717) is 16.4 Å². The van der Waals surface area contributed by atoms with Crippen molar-refractivity contribution in [2.45, 2.75) is 13.5 Å². The lowest BCUT2D eigenvalue weighted by molar-refractivity contribution is -0.123. The van der Waals surface area contributed by atoms with Crippen molar-refractivity contribution in [2.24, 2.45) is 0 Å². The minimum absolute atomic E-state index is 0.204. The van der Waals surface area contributed by atoms with Gasteiger partial charge in [0, 0.05) is 11.6 Å². The largest absolute Gasteiger partial charge is 0.478 e. The number of benzene rings is 2. The Morgan fingerprint density at radius 3 is 2.57 bits per heavy atom. The normalized spacial score (nSPS) is 15.2. The van der Waals surface area contributed by atoms with E-state index in [-0.39, 0.29) is 23.3 Å². The first-order valence-electron chi connectivity index (χ1n) is 9.16. The smallest absolute Gasteiger partial charge is 0.335 e. The van der Waals surface area contributed by atoms with Gasteiger partial charge >= 0.3 is 5.97 Å². The van der Waals surface area contributed by atoms with Crippen LogP contribution in [0.1, 0.15) is 27.2 Å². The molecule has 0 spiro atoms. The molecular formula is C23H17NO5S. The summed E-state index contributed by atoms with van der Waals surface area (Å²) in [5, 5.41) is 8.78. The molecule has 0 saturated carbocycles. The standard InChI is InChI=1S/C23H17NO5S/c1-14-11-16(22(26)27)7-9-18(14)19-10-8-17(29-19)12-20-21(25)24(23(28)30-20)13-15-5-3-2-4-6-15/h2-12H,13H2,1H3,(H,26,27)/b20-12-. The summed E-state index contributed by atoms with van der Waals surface area (Å²) >= 11 is 0.883. The molecule has 3 aromatic rings. The van der Waals surface area contributed by atoms with Crippen molar-refractivity contribution in [1.82, 2.24) is 4.90 Å². The number of nitrogens with zero attached hydrogens (tertiary/aromatic N) is 1. The molecule has 1 saturated heterocycles. The average Bonchev–Trinajstić information content (AvgIpc) is 3.29. The number of thioether (sulfide) groups is 1. The van der Waals surface area contributed by atoms with Gasteiger partial charge in [-0.1, -0.05) is 36.4 Å². The summed E-state index contributed by atoms with van der Waals surface area (Å²) < 4.78 is 5.83. The predicted molar refractivity (Wildman–Crippen MR) is 114 cm³/mol. The highest BCUT2D eigenvalue weighted by Gasteiger charge is 2.35. The fraction of sp³-hybridized carbons (Fsp3) is 0.0870. The Bertz CT molecular complexity index is 1180. The first-order chi connectivity index (χ1) is 14.4. The van der Waals surface area contributed by atoms with Crippen LogP contribution in [0.4, 0.5) is 4.79 Å². The third-order valence-electron chi connectivity index (χ3n) is 4.70. The van der Waals surface area contributed by atoms with Crippen molar-refractivity contribution in [3.05, 3.63) is 88.0 Å². The van der Waals surface area contributed by atoms with Crippen molar-refractivity contribution in [3.8, 4) is 11.3 Å². The van der Waals surface area contributed by atoms with Gasteiger partial charge in [-0.15, -0.1) is 0 Å². The van der Waals surface area contributed by atoms with Crippen LogP contribution in [0.2, 0.25) is 0 Å². The van der Waals surface area contributed by atoms with Crippen LogP contribution in [0.15, 0.2) is 70.0 Å². The molecule has 30 heavy (non-hydrogen) atoms. The summed E-state index contributed by atoms with van der Waals surface area (Å²) in [6.45, 7) is 2.03. The predicted octanol–water partition coefficient (Wildman–Crippen LogP) is 5.19. The zero-order valence-electron chi connectivity index (χ0n) is 16.0. The third-order valence-corrected chi connectivity index (χ3v) is 5.60. The van der Waals surface area contributed by atoms with Crippen LogP contribution in [0.25, 0.3) is 17.4 Å².